The first-order chi connectivity index (χ1) is 11.2. The van der Waals surface area contributed by atoms with Crippen molar-refractivity contribution in [1.82, 2.24) is 25.2 Å². The lowest BCUT2D eigenvalue weighted by Crippen LogP contribution is -2.36. The van der Waals surface area contributed by atoms with Crippen LogP contribution >= 0.6 is 0 Å². The van der Waals surface area contributed by atoms with E-state index >= 15 is 0 Å². The number of pyridine rings is 1. The molecule has 0 amide bonds. The Morgan fingerprint density at radius 3 is 2.91 bits per heavy atom. The standard InChI is InChI=1S/C15H12N6O2/c1-8-11(14(22)23)13(21-15(17-8)18-19-20-21)10-6-2-4-9-5-3-7-16-12(9)10/h2-7,11,13H,1H3,(H,22,23). The Labute approximate surface area is 130 Å². The van der Waals surface area contributed by atoms with E-state index < -0.39 is 17.9 Å². The van der Waals surface area contributed by atoms with Crippen molar-refractivity contribution in [2.75, 3.05) is 0 Å². The molecule has 2 unspecified atom stereocenters. The topological polar surface area (TPSA) is 106 Å². The quantitative estimate of drug-likeness (QED) is 0.771. The van der Waals surface area contributed by atoms with Crippen LogP contribution in [0.2, 0.25) is 0 Å². The lowest BCUT2D eigenvalue weighted by Gasteiger charge is -2.28. The first-order valence-corrected chi connectivity index (χ1v) is 7.06. The van der Waals surface area contributed by atoms with E-state index in [4.69, 9.17) is 0 Å². The molecule has 1 aliphatic rings. The summed E-state index contributed by atoms with van der Waals surface area (Å²) in [7, 11) is 0. The second-order valence-corrected chi connectivity index (χ2v) is 5.36. The molecule has 1 N–H and O–H groups in total. The van der Waals surface area contributed by atoms with E-state index in [1.165, 1.54) is 4.68 Å². The van der Waals surface area contributed by atoms with E-state index in [9.17, 15) is 9.90 Å². The minimum absolute atomic E-state index is 0.304. The predicted octanol–water partition coefficient (Wildman–Crippen LogP) is 1.62. The molecule has 114 valence electrons. The monoisotopic (exact) mass is 308 g/mol. The molecule has 4 rings (SSSR count). The van der Waals surface area contributed by atoms with E-state index in [1.807, 2.05) is 30.3 Å². The number of nitrogens with zero attached hydrogens (tertiary/aromatic N) is 6. The van der Waals surface area contributed by atoms with Crippen molar-refractivity contribution < 1.29 is 9.90 Å². The molecule has 1 aliphatic heterocycles. The number of hydrogen-bond donors (Lipinski definition) is 1. The molecule has 0 spiro atoms. The highest BCUT2D eigenvalue weighted by Gasteiger charge is 2.40. The third-order valence-corrected chi connectivity index (χ3v) is 4.03. The van der Waals surface area contributed by atoms with E-state index in [0.717, 1.165) is 16.5 Å². The van der Waals surface area contributed by atoms with Gasteiger partial charge in [-0.2, -0.15) is 0 Å². The molecule has 23 heavy (non-hydrogen) atoms. The summed E-state index contributed by atoms with van der Waals surface area (Å²) < 4.78 is 1.45. The molecular weight excluding hydrogens is 296 g/mol. The number of aliphatic imine (C=N–C) groups is 1. The summed E-state index contributed by atoms with van der Waals surface area (Å²) >= 11 is 0. The van der Waals surface area contributed by atoms with Crippen LogP contribution in [0.4, 0.5) is 5.95 Å². The minimum Gasteiger partial charge on any atom is -0.481 e. The number of aromatic nitrogens is 5. The Kier molecular flexibility index (Phi) is 2.90. The van der Waals surface area contributed by atoms with Gasteiger partial charge in [0.05, 0.1) is 5.52 Å². The van der Waals surface area contributed by atoms with Crippen molar-refractivity contribution >= 4 is 28.5 Å². The average molecular weight is 308 g/mol. The van der Waals surface area contributed by atoms with Gasteiger partial charge in [0.15, 0.2) is 0 Å². The average Bonchev–Trinajstić information content (AvgIpc) is 3.00. The van der Waals surface area contributed by atoms with E-state index in [-0.39, 0.29) is 0 Å². The molecule has 0 radical (unpaired) electrons. The SMILES string of the molecule is CC1=Nc2nnnn2C(c2cccc3cccnc23)C1C(=O)O. The van der Waals surface area contributed by atoms with Crippen molar-refractivity contribution in [1.29, 1.82) is 0 Å². The molecular formula is C15H12N6O2. The zero-order valence-electron chi connectivity index (χ0n) is 12.2. The first-order valence-electron chi connectivity index (χ1n) is 7.06. The first kappa shape index (κ1) is 13.5. The Bertz CT molecular complexity index is 943. The van der Waals surface area contributed by atoms with Crippen LogP contribution in [0.25, 0.3) is 10.9 Å². The molecule has 0 saturated carbocycles. The van der Waals surface area contributed by atoms with E-state index in [2.05, 4.69) is 25.5 Å². The third kappa shape index (κ3) is 1.99. The highest BCUT2D eigenvalue weighted by molar-refractivity contribution is 6.03. The Hall–Kier alpha value is -3.16. The van der Waals surface area contributed by atoms with Crippen LogP contribution < -0.4 is 0 Å². The molecule has 0 fully saturated rings. The number of fused-ring (bicyclic) bond motifs is 2. The number of rotatable bonds is 2. The van der Waals surface area contributed by atoms with Gasteiger partial charge in [0, 0.05) is 22.9 Å². The largest absolute Gasteiger partial charge is 0.481 e. The van der Waals surface area contributed by atoms with Crippen LogP contribution in [0, 0.1) is 5.92 Å². The highest BCUT2D eigenvalue weighted by atomic mass is 16.4. The summed E-state index contributed by atoms with van der Waals surface area (Å²) in [5.74, 6) is -1.51. The molecule has 0 aliphatic carbocycles. The number of carboxylic acid groups (broad SMARTS) is 1. The zero-order valence-corrected chi connectivity index (χ0v) is 12.2. The summed E-state index contributed by atoms with van der Waals surface area (Å²) in [6, 6.07) is 8.87. The molecule has 2 aromatic heterocycles. The van der Waals surface area contributed by atoms with Gasteiger partial charge in [0.1, 0.15) is 12.0 Å². The van der Waals surface area contributed by atoms with Crippen LogP contribution in [-0.2, 0) is 4.79 Å². The molecule has 8 heteroatoms. The number of para-hydroxylation sites is 1. The fourth-order valence-corrected chi connectivity index (χ4v) is 3.03. The van der Waals surface area contributed by atoms with Crippen LogP contribution in [0.5, 0.6) is 0 Å². The van der Waals surface area contributed by atoms with E-state index in [0.29, 0.717) is 11.7 Å². The van der Waals surface area contributed by atoms with Gasteiger partial charge >= 0.3 is 5.97 Å². The van der Waals surface area contributed by atoms with Gasteiger partial charge in [-0.25, -0.2) is 9.67 Å². The molecule has 0 bridgehead atoms. The van der Waals surface area contributed by atoms with Crippen molar-refractivity contribution in [3.63, 3.8) is 0 Å². The molecule has 2 atom stereocenters. The van der Waals surface area contributed by atoms with Crippen molar-refractivity contribution in [2.45, 2.75) is 13.0 Å². The lowest BCUT2D eigenvalue weighted by atomic mass is 9.87. The van der Waals surface area contributed by atoms with Crippen molar-refractivity contribution in [3.05, 3.63) is 42.1 Å². The summed E-state index contributed by atoms with van der Waals surface area (Å²) in [5, 5.41) is 22.1. The van der Waals surface area contributed by atoms with Gasteiger partial charge in [-0.15, -0.1) is 0 Å². The summed E-state index contributed by atoms with van der Waals surface area (Å²) in [4.78, 5) is 20.5. The lowest BCUT2D eigenvalue weighted by molar-refractivity contribution is -0.140. The van der Waals surface area contributed by atoms with Crippen LogP contribution in [0.3, 0.4) is 0 Å². The Morgan fingerprint density at radius 2 is 2.09 bits per heavy atom. The van der Waals surface area contributed by atoms with Crippen LogP contribution in [0.1, 0.15) is 18.5 Å². The summed E-state index contributed by atoms with van der Waals surface area (Å²) in [6.45, 7) is 1.68. The van der Waals surface area contributed by atoms with Gasteiger partial charge in [0.2, 0.25) is 0 Å². The van der Waals surface area contributed by atoms with Gasteiger partial charge in [-0.1, -0.05) is 29.4 Å². The Balaban J connectivity index is 2.01. The molecule has 1 aromatic carbocycles. The Morgan fingerprint density at radius 1 is 1.26 bits per heavy atom. The maximum atomic E-state index is 11.8. The third-order valence-electron chi connectivity index (χ3n) is 4.03. The van der Waals surface area contributed by atoms with Crippen molar-refractivity contribution in [2.24, 2.45) is 10.9 Å². The number of benzene rings is 1. The normalized spacial score (nSPS) is 20.1. The number of aliphatic carboxylic acids is 1. The molecule has 3 aromatic rings. The molecule has 3 heterocycles. The van der Waals surface area contributed by atoms with Crippen LogP contribution in [0.15, 0.2) is 41.5 Å². The van der Waals surface area contributed by atoms with Gasteiger partial charge in [0.25, 0.3) is 5.95 Å². The smallest absolute Gasteiger partial charge is 0.314 e. The summed E-state index contributed by atoms with van der Waals surface area (Å²) in [5.41, 5.74) is 1.97. The zero-order chi connectivity index (χ0) is 16.0. The van der Waals surface area contributed by atoms with Gasteiger partial charge < -0.3 is 5.11 Å². The number of tetrazole rings is 1. The van der Waals surface area contributed by atoms with Crippen LogP contribution in [-0.4, -0.2) is 42.0 Å². The van der Waals surface area contributed by atoms with Crippen molar-refractivity contribution in [3.8, 4) is 0 Å². The fraction of sp³-hybridized carbons (Fsp3) is 0.200. The minimum atomic E-state index is -0.967. The maximum absolute atomic E-state index is 11.8. The fourth-order valence-electron chi connectivity index (χ4n) is 3.03. The summed E-state index contributed by atoms with van der Waals surface area (Å²) in [6.07, 6.45) is 1.69. The number of hydrogen-bond acceptors (Lipinski definition) is 6. The maximum Gasteiger partial charge on any atom is 0.314 e. The van der Waals surface area contributed by atoms with Gasteiger partial charge in [-0.05, 0) is 23.4 Å². The number of carboxylic acids is 1. The highest BCUT2D eigenvalue weighted by Crippen LogP contribution is 2.37. The molecule has 0 saturated heterocycles. The van der Waals surface area contributed by atoms with E-state index in [1.54, 1.807) is 13.1 Å². The second kappa shape index (κ2) is 4.94. The molecule has 8 nitrogen and oxygen atoms in total. The predicted molar refractivity (Wildman–Crippen MR) is 81.6 cm³/mol. The van der Waals surface area contributed by atoms with Gasteiger partial charge in [-0.3, -0.25) is 9.78 Å². The second-order valence-electron chi connectivity index (χ2n) is 5.36. The number of carbonyl (C=O) groups is 1.